The number of benzene rings is 3. The fraction of sp³-hybridized carbons (Fsp3) is 0. The van der Waals surface area contributed by atoms with Crippen LogP contribution in [-0.4, -0.2) is 10.8 Å². The van der Waals surface area contributed by atoms with Crippen LogP contribution in [0.4, 0.5) is 11.4 Å². The molecule has 28 heavy (non-hydrogen) atoms. The van der Waals surface area contributed by atoms with Gasteiger partial charge in [-0.1, -0.05) is 11.6 Å². The molecule has 1 N–H and O–H groups in total. The number of hydrogen-bond acceptors (Lipinski definition) is 5. The van der Waals surface area contributed by atoms with Gasteiger partial charge in [0.1, 0.15) is 16.5 Å². The summed E-state index contributed by atoms with van der Waals surface area (Å²) in [7, 11) is 0. The van der Waals surface area contributed by atoms with Crippen LogP contribution >= 0.6 is 11.6 Å². The summed E-state index contributed by atoms with van der Waals surface area (Å²) in [5.41, 5.74) is 0.817. The SMILES string of the molecule is N#Cc1ccc(Oc2ccc(NC(=O)c3ccc(Cl)c([N+](=O)[O-])c3)cc2)cc1. The topological polar surface area (TPSA) is 105 Å². The van der Waals surface area contributed by atoms with E-state index < -0.39 is 10.8 Å². The lowest BCUT2D eigenvalue weighted by atomic mass is 10.2. The summed E-state index contributed by atoms with van der Waals surface area (Å²) < 4.78 is 5.67. The van der Waals surface area contributed by atoms with Crippen LogP contribution in [0.5, 0.6) is 11.5 Å². The maximum atomic E-state index is 12.3. The molecule has 0 saturated carbocycles. The highest BCUT2D eigenvalue weighted by atomic mass is 35.5. The quantitative estimate of drug-likeness (QED) is 0.475. The predicted molar refractivity (Wildman–Crippen MR) is 104 cm³/mol. The molecule has 0 aliphatic heterocycles. The van der Waals surface area contributed by atoms with Gasteiger partial charge in [0, 0.05) is 17.3 Å². The van der Waals surface area contributed by atoms with Crippen LogP contribution < -0.4 is 10.1 Å². The van der Waals surface area contributed by atoms with Gasteiger partial charge >= 0.3 is 0 Å². The summed E-state index contributed by atoms with van der Waals surface area (Å²) in [6, 6.07) is 19.1. The molecule has 0 aromatic heterocycles. The van der Waals surface area contributed by atoms with E-state index in [2.05, 4.69) is 5.32 Å². The number of carbonyl (C=O) groups is 1. The molecule has 0 saturated heterocycles. The highest BCUT2D eigenvalue weighted by Crippen LogP contribution is 2.26. The molecule has 0 spiro atoms. The Labute approximate surface area is 164 Å². The van der Waals surface area contributed by atoms with E-state index in [0.717, 1.165) is 6.07 Å². The normalized spacial score (nSPS) is 10.0. The van der Waals surface area contributed by atoms with Gasteiger partial charge in [-0.2, -0.15) is 5.26 Å². The van der Waals surface area contributed by atoms with E-state index in [1.54, 1.807) is 48.5 Å². The van der Waals surface area contributed by atoms with Gasteiger partial charge in [-0.3, -0.25) is 14.9 Å². The van der Waals surface area contributed by atoms with Crippen molar-refractivity contribution in [3.05, 3.63) is 93.0 Å². The Morgan fingerprint density at radius 1 is 1.04 bits per heavy atom. The van der Waals surface area contributed by atoms with E-state index in [4.69, 9.17) is 21.6 Å². The third kappa shape index (κ3) is 4.44. The van der Waals surface area contributed by atoms with E-state index >= 15 is 0 Å². The average molecular weight is 394 g/mol. The number of ether oxygens (including phenoxy) is 1. The van der Waals surface area contributed by atoms with Crippen molar-refractivity contribution in [2.24, 2.45) is 0 Å². The first kappa shape index (κ1) is 18.9. The number of nitrogens with one attached hydrogen (secondary N) is 1. The Morgan fingerprint density at radius 3 is 2.21 bits per heavy atom. The maximum absolute atomic E-state index is 12.3. The summed E-state index contributed by atoms with van der Waals surface area (Å²) in [5.74, 6) is 0.620. The van der Waals surface area contributed by atoms with Gasteiger partial charge in [0.05, 0.1) is 16.6 Å². The molecule has 3 rings (SSSR count). The third-order valence-corrected chi connectivity index (χ3v) is 4.06. The highest BCUT2D eigenvalue weighted by Gasteiger charge is 2.16. The van der Waals surface area contributed by atoms with Crippen molar-refractivity contribution < 1.29 is 14.5 Å². The molecule has 0 radical (unpaired) electrons. The first-order valence-electron chi connectivity index (χ1n) is 7.99. The molecular weight excluding hydrogens is 382 g/mol. The number of carbonyl (C=O) groups excluding carboxylic acids is 1. The number of hydrogen-bond donors (Lipinski definition) is 1. The van der Waals surface area contributed by atoms with Crippen molar-refractivity contribution in [2.45, 2.75) is 0 Å². The second-order valence-corrected chi connectivity index (χ2v) is 6.05. The van der Waals surface area contributed by atoms with Crippen LogP contribution in [0.25, 0.3) is 0 Å². The third-order valence-electron chi connectivity index (χ3n) is 3.74. The van der Waals surface area contributed by atoms with E-state index in [9.17, 15) is 14.9 Å². The minimum Gasteiger partial charge on any atom is -0.457 e. The predicted octanol–water partition coefficient (Wildman–Crippen LogP) is 5.16. The smallest absolute Gasteiger partial charge is 0.288 e. The van der Waals surface area contributed by atoms with Crippen LogP contribution in [-0.2, 0) is 0 Å². The zero-order chi connectivity index (χ0) is 20.1. The van der Waals surface area contributed by atoms with Crippen LogP contribution in [0.15, 0.2) is 66.7 Å². The van der Waals surface area contributed by atoms with E-state index in [1.807, 2.05) is 6.07 Å². The van der Waals surface area contributed by atoms with E-state index in [1.165, 1.54) is 12.1 Å². The largest absolute Gasteiger partial charge is 0.457 e. The number of nitro benzene ring substituents is 1. The molecule has 3 aromatic rings. The molecule has 8 heteroatoms. The van der Waals surface area contributed by atoms with Gasteiger partial charge in [0.2, 0.25) is 0 Å². The monoisotopic (exact) mass is 393 g/mol. The number of halogens is 1. The molecule has 138 valence electrons. The number of nitrogens with zero attached hydrogens (tertiary/aromatic N) is 2. The van der Waals surface area contributed by atoms with E-state index in [-0.39, 0.29) is 16.3 Å². The first-order valence-corrected chi connectivity index (χ1v) is 8.37. The van der Waals surface area contributed by atoms with Crippen molar-refractivity contribution in [3.63, 3.8) is 0 Å². The summed E-state index contributed by atoms with van der Waals surface area (Å²) in [6.45, 7) is 0. The van der Waals surface area contributed by atoms with Crippen LogP contribution in [0.1, 0.15) is 15.9 Å². The number of anilines is 1. The van der Waals surface area contributed by atoms with Crippen molar-refractivity contribution in [1.82, 2.24) is 0 Å². The lowest BCUT2D eigenvalue weighted by Gasteiger charge is -2.08. The fourth-order valence-corrected chi connectivity index (χ4v) is 2.52. The van der Waals surface area contributed by atoms with Crippen molar-refractivity contribution in [3.8, 4) is 17.6 Å². The Kier molecular flexibility index (Phi) is 5.53. The van der Waals surface area contributed by atoms with Crippen LogP contribution in [0, 0.1) is 21.4 Å². The Bertz CT molecular complexity index is 1070. The molecule has 0 unspecified atom stereocenters. The molecule has 0 aliphatic rings. The van der Waals surface area contributed by atoms with E-state index in [0.29, 0.717) is 22.7 Å². The number of rotatable bonds is 5. The summed E-state index contributed by atoms with van der Waals surface area (Å²) in [4.78, 5) is 22.6. The van der Waals surface area contributed by atoms with Crippen molar-refractivity contribution in [1.29, 1.82) is 5.26 Å². The minimum atomic E-state index is -0.644. The zero-order valence-electron chi connectivity index (χ0n) is 14.3. The second-order valence-electron chi connectivity index (χ2n) is 5.64. The van der Waals surface area contributed by atoms with Gasteiger partial charge in [-0.05, 0) is 60.7 Å². The second kappa shape index (κ2) is 8.20. The molecule has 7 nitrogen and oxygen atoms in total. The zero-order valence-corrected chi connectivity index (χ0v) is 15.0. The number of amides is 1. The highest BCUT2D eigenvalue weighted by molar-refractivity contribution is 6.32. The van der Waals surface area contributed by atoms with Gasteiger partial charge in [0.25, 0.3) is 11.6 Å². The Hall–Kier alpha value is -3.89. The molecule has 0 bridgehead atoms. The fourth-order valence-electron chi connectivity index (χ4n) is 2.34. The van der Waals surface area contributed by atoms with Gasteiger partial charge in [0.15, 0.2) is 0 Å². The van der Waals surface area contributed by atoms with Gasteiger partial charge < -0.3 is 10.1 Å². The molecule has 0 heterocycles. The molecule has 0 atom stereocenters. The van der Waals surface area contributed by atoms with Gasteiger partial charge in [-0.25, -0.2) is 0 Å². The van der Waals surface area contributed by atoms with Gasteiger partial charge in [-0.15, -0.1) is 0 Å². The number of nitro groups is 1. The summed E-state index contributed by atoms with van der Waals surface area (Å²) in [5, 5.41) is 22.3. The Morgan fingerprint density at radius 2 is 1.64 bits per heavy atom. The summed E-state index contributed by atoms with van der Waals surface area (Å²) >= 11 is 5.75. The van der Waals surface area contributed by atoms with Crippen LogP contribution in [0.3, 0.4) is 0 Å². The molecule has 0 aliphatic carbocycles. The molecule has 3 aromatic carbocycles. The average Bonchev–Trinajstić information content (AvgIpc) is 2.70. The first-order chi connectivity index (χ1) is 13.5. The molecule has 0 fully saturated rings. The minimum absolute atomic E-state index is 0.0362. The summed E-state index contributed by atoms with van der Waals surface area (Å²) in [6.07, 6.45) is 0. The maximum Gasteiger partial charge on any atom is 0.288 e. The molecular formula is C20H12ClN3O4. The lowest BCUT2D eigenvalue weighted by molar-refractivity contribution is -0.384. The van der Waals surface area contributed by atoms with Crippen molar-refractivity contribution in [2.75, 3.05) is 5.32 Å². The number of nitriles is 1. The molecule has 1 amide bonds. The standard InChI is InChI=1S/C20H12ClN3O4/c21-18-10-3-14(11-19(18)24(26)27)20(25)23-15-4-8-17(9-5-15)28-16-6-1-13(12-22)2-7-16/h1-11H,(H,23,25). The Balaban J connectivity index is 1.68. The van der Waals surface area contributed by atoms with Crippen molar-refractivity contribution >= 4 is 28.9 Å². The lowest BCUT2D eigenvalue weighted by Crippen LogP contribution is -2.12. The van der Waals surface area contributed by atoms with Crippen LogP contribution in [0.2, 0.25) is 5.02 Å².